The van der Waals surface area contributed by atoms with Crippen molar-refractivity contribution in [1.29, 1.82) is 0 Å². The molecule has 0 aliphatic heterocycles. The largest absolute Gasteiger partial charge is 0.491 e. The van der Waals surface area contributed by atoms with E-state index in [1.807, 2.05) is 26.0 Å². The third-order valence-electron chi connectivity index (χ3n) is 2.41. The first kappa shape index (κ1) is 12.3. The van der Waals surface area contributed by atoms with Gasteiger partial charge in [-0.15, -0.1) is 0 Å². The van der Waals surface area contributed by atoms with Gasteiger partial charge in [0.1, 0.15) is 5.75 Å². The molecule has 2 rings (SSSR count). The molecule has 0 atom stereocenters. The van der Waals surface area contributed by atoms with E-state index in [1.165, 1.54) is 0 Å². The quantitative estimate of drug-likeness (QED) is 0.772. The van der Waals surface area contributed by atoms with Gasteiger partial charge < -0.3 is 4.74 Å². The van der Waals surface area contributed by atoms with Crippen molar-refractivity contribution < 1.29 is 9.53 Å². The highest BCUT2D eigenvalue weighted by Crippen LogP contribution is 2.16. The number of ketones is 1. The number of hydrogen-bond acceptors (Lipinski definition) is 3. The summed E-state index contributed by atoms with van der Waals surface area (Å²) < 4.78 is 5.53. The van der Waals surface area contributed by atoms with Crippen LogP contribution in [0.4, 0.5) is 0 Å². The van der Waals surface area contributed by atoms with Gasteiger partial charge in [0.2, 0.25) is 0 Å². The molecule has 2 aromatic rings. The SMILES string of the molecule is CC(C)Oc1ccc(C(=O)c2cccnc2)cc1. The van der Waals surface area contributed by atoms with Crippen molar-refractivity contribution in [1.82, 2.24) is 4.98 Å². The van der Waals surface area contributed by atoms with Crippen LogP contribution < -0.4 is 4.74 Å². The molecule has 0 unspecified atom stereocenters. The lowest BCUT2D eigenvalue weighted by molar-refractivity contribution is 0.103. The first-order chi connectivity index (χ1) is 8.66. The first-order valence-electron chi connectivity index (χ1n) is 5.88. The van der Waals surface area contributed by atoms with E-state index in [1.54, 1.807) is 36.7 Å². The van der Waals surface area contributed by atoms with E-state index in [4.69, 9.17) is 4.74 Å². The Kier molecular flexibility index (Phi) is 3.72. The molecule has 18 heavy (non-hydrogen) atoms. The monoisotopic (exact) mass is 241 g/mol. The van der Waals surface area contributed by atoms with E-state index in [0.29, 0.717) is 11.1 Å². The van der Waals surface area contributed by atoms with Gasteiger partial charge in [0.05, 0.1) is 6.10 Å². The fourth-order valence-electron chi connectivity index (χ4n) is 1.62. The maximum absolute atomic E-state index is 12.1. The molecule has 0 N–H and O–H groups in total. The maximum atomic E-state index is 12.1. The summed E-state index contributed by atoms with van der Waals surface area (Å²) in [4.78, 5) is 16.0. The van der Waals surface area contributed by atoms with Crippen molar-refractivity contribution in [3.8, 4) is 5.75 Å². The molecule has 0 saturated heterocycles. The zero-order valence-electron chi connectivity index (χ0n) is 10.5. The molecule has 0 bridgehead atoms. The van der Waals surface area contributed by atoms with Gasteiger partial charge in [-0.3, -0.25) is 9.78 Å². The molecule has 1 aromatic carbocycles. The molecule has 1 heterocycles. The predicted molar refractivity (Wildman–Crippen MR) is 69.9 cm³/mol. The lowest BCUT2D eigenvalue weighted by atomic mass is 10.1. The number of nitrogens with zero attached hydrogens (tertiary/aromatic N) is 1. The van der Waals surface area contributed by atoms with Crippen LogP contribution in [0.3, 0.4) is 0 Å². The standard InChI is InChI=1S/C15H15NO2/c1-11(2)18-14-7-5-12(6-8-14)15(17)13-4-3-9-16-10-13/h3-11H,1-2H3. The topological polar surface area (TPSA) is 39.2 Å². The molecule has 0 fully saturated rings. The van der Waals surface area contributed by atoms with E-state index in [-0.39, 0.29) is 11.9 Å². The molecule has 0 amide bonds. The van der Waals surface area contributed by atoms with Crippen LogP contribution in [-0.4, -0.2) is 16.9 Å². The van der Waals surface area contributed by atoms with E-state index in [9.17, 15) is 4.79 Å². The number of carbonyl (C=O) groups excluding carboxylic acids is 1. The van der Waals surface area contributed by atoms with Crippen LogP contribution in [-0.2, 0) is 0 Å². The van der Waals surface area contributed by atoms with E-state index in [0.717, 1.165) is 5.75 Å². The third-order valence-corrected chi connectivity index (χ3v) is 2.41. The molecular formula is C15H15NO2. The zero-order chi connectivity index (χ0) is 13.0. The summed E-state index contributed by atoms with van der Waals surface area (Å²) >= 11 is 0. The maximum Gasteiger partial charge on any atom is 0.194 e. The molecule has 0 radical (unpaired) electrons. The van der Waals surface area contributed by atoms with E-state index in [2.05, 4.69) is 4.98 Å². The van der Waals surface area contributed by atoms with Gasteiger partial charge in [-0.1, -0.05) is 0 Å². The normalized spacial score (nSPS) is 10.4. The second-order valence-corrected chi connectivity index (χ2v) is 4.26. The van der Waals surface area contributed by atoms with Crippen LogP contribution in [0.5, 0.6) is 5.75 Å². The number of carbonyl (C=O) groups is 1. The Morgan fingerprint density at radius 1 is 1.11 bits per heavy atom. The molecule has 0 aliphatic rings. The molecule has 0 spiro atoms. The minimum atomic E-state index is -0.0285. The van der Waals surface area contributed by atoms with Gasteiger partial charge in [0.15, 0.2) is 5.78 Å². The molecule has 0 aliphatic carbocycles. The van der Waals surface area contributed by atoms with Crippen LogP contribution in [0.15, 0.2) is 48.8 Å². The lowest BCUT2D eigenvalue weighted by Crippen LogP contribution is -2.06. The minimum absolute atomic E-state index is 0.0285. The fraction of sp³-hybridized carbons (Fsp3) is 0.200. The van der Waals surface area contributed by atoms with Gasteiger partial charge in [-0.25, -0.2) is 0 Å². The van der Waals surface area contributed by atoms with E-state index < -0.39 is 0 Å². The predicted octanol–water partition coefficient (Wildman–Crippen LogP) is 3.10. The van der Waals surface area contributed by atoms with Crippen LogP contribution in [0.1, 0.15) is 29.8 Å². The van der Waals surface area contributed by atoms with E-state index >= 15 is 0 Å². The van der Waals surface area contributed by atoms with Gasteiger partial charge >= 0.3 is 0 Å². The number of rotatable bonds is 4. The summed E-state index contributed by atoms with van der Waals surface area (Å²) in [5.74, 6) is 0.743. The Bertz CT molecular complexity index is 518. The summed E-state index contributed by atoms with van der Waals surface area (Å²) in [7, 11) is 0. The van der Waals surface area contributed by atoms with Crippen LogP contribution in [0.2, 0.25) is 0 Å². The van der Waals surface area contributed by atoms with Crippen molar-refractivity contribution in [3.63, 3.8) is 0 Å². The van der Waals surface area contributed by atoms with Gasteiger partial charge in [0, 0.05) is 23.5 Å². The Balaban J connectivity index is 2.17. The van der Waals surface area contributed by atoms with Crippen molar-refractivity contribution in [2.75, 3.05) is 0 Å². The number of pyridine rings is 1. The molecule has 1 aromatic heterocycles. The fourth-order valence-corrected chi connectivity index (χ4v) is 1.62. The van der Waals surface area contributed by atoms with Crippen LogP contribution in [0.25, 0.3) is 0 Å². The zero-order valence-corrected chi connectivity index (χ0v) is 10.5. The van der Waals surface area contributed by atoms with Crippen molar-refractivity contribution in [3.05, 3.63) is 59.9 Å². The highest BCUT2D eigenvalue weighted by atomic mass is 16.5. The first-order valence-corrected chi connectivity index (χ1v) is 5.88. The average molecular weight is 241 g/mol. The van der Waals surface area contributed by atoms with Crippen molar-refractivity contribution >= 4 is 5.78 Å². The number of ether oxygens (including phenoxy) is 1. The summed E-state index contributed by atoms with van der Waals surface area (Å²) in [5.41, 5.74) is 1.23. The summed E-state index contributed by atoms with van der Waals surface area (Å²) in [6.45, 7) is 3.93. The Hall–Kier alpha value is -2.16. The average Bonchev–Trinajstić information content (AvgIpc) is 2.39. The summed E-state index contributed by atoms with van der Waals surface area (Å²) in [6.07, 6.45) is 3.35. The smallest absolute Gasteiger partial charge is 0.194 e. The molecule has 3 nitrogen and oxygen atoms in total. The second kappa shape index (κ2) is 5.45. The number of benzene rings is 1. The number of hydrogen-bond donors (Lipinski definition) is 0. The number of aromatic nitrogens is 1. The molecule has 92 valence electrons. The Morgan fingerprint density at radius 2 is 1.83 bits per heavy atom. The van der Waals surface area contributed by atoms with Gasteiger partial charge in [0.25, 0.3) is 0 Å². The minimum Gasteiger partial charge on any atom is -0.491 e. The molecule has 0 saturated carbocycles. The molecular weight excluding hydrogens is 226 g/mol. The highest BCUT2D eigenvalue weighted by Gasteiger charge is 2.08. The summed E-state index contributed by atoms with van der Waals surface area (Å²) in [6, 6.07) is 10.7. The van der Waals surface area contributed by atoms with Crippen molar-refractivity contribution in [2.24, 2.45) is 0 Å². The Morgan fingerprint density at radius 3 is 2.39 bits per heavy atom. The highest BCUT2D eigenvalue weighted by molar-refractivity contribution is 6.08. The third kappa shape index (κ3) is 2.94. The van der Waals surface area contributed by atoms with Gasteiger partial charge in [-0.2, -0.15) is 0 Å². The van der Waals surface area contributed by atoms with Crippen molar-refractivity contribution in [2.45, 2.75) is 20.0 Å². The molecule has 3 heteroatoms. The van der Waals surface area contributed by atoms with Crippen LogP contribution in [0, 0.1) is 0 Å². The Labute approximate surface area is 106 Å². The second-order valence-electron chi connectivity index (χ2n) is 4.26. The summed E-state index contributed by atoms with van der Waals surface area (Å²) in [5, 5.41) is 0. The van der Waals surface area contributed by atoms with Gasteiger partial charge in [-0.05, 0) is 50.2 Å². The van der Waals surface area contributed by atoms with Crippen LogP contribution >= 0.6 is 0 Å². The lowest BCUT2D eigenvalue weighted by Gasteiger charge is -2.09.